The molecule has 0 saturated heterocycles. The highest BCUT2D eigenvalue weighted by Crippen LogP contribution is 2.50. The zero-order valence-corrected chi connectivity index (χ0v) is 24.7. The van der Waals surface area contributed by atoms with E-state index in [9.17, 15) is 13.6 Å². The molecule has 0 heterocycles. The Balaban J connectivity index is 1.41. The van der Waals surface area contributed by atoms with Gasteiger partial charge in [0.2, 0.25) is 0 Å². The predicted octanol–water partition coefficient (Wildman–Crippen LogP) is 9.57. The molecule has 7 rings (SSSR count). The SMILES string of the molecule is Nc1ccc(-c2ccc(C3=C(c4ccc(F)cc4)C(c4ccc(F)cc4)=C(c4ccc(-c5ccc(N)cc5)cc4)C3=O)cc2)cc1. The molecule has 0 atom stereocenters. The van der Waals surface area contributed by atoms with Gasteiger partial charge in [0.25, 0.3) is 0 Å². The highest BCUT2D eigenvalue weighted by atomic mass is 19.1. The Labute approximate surface area is 265 Å². The van der Waals surface area contributed by atoms with Gasteiger partial charge >= 0.3 is 0 Å². The first kappa shape index (κ1) is 28.7. The molecule has 4 N–H and O–H groups in total. The molecule has 0 unspecified atom stereocenters. The second-order valence-electron chi connectivity index (χ2n) is 11.2. The van der Waals surface area contributed by atoms with Crippen LogP contribution in [0.5, 0.6) is 0 Å². The first-order valence-corrected chi connectivity index (χ1v) is 14.8. The smallest absolute Gasteiger partial charge is 0.195 e. The van der Waals surface area contributed by atoms with Crippen LogP contribution in [0.15, 0.2) is 146 Å². The molecular weight excluding hydrogens is 574 g/mol. The summed E-state index contributed by atoms with van der Waals surface area (Å²) in [5.41, 5.74) is 22.2. The zero-order valence-electron chi connectivity index (χ0n) is 24.7. The lowest BCUT2D eigenvalue weighted by Gasteiger charge is -2.14. The Bertz CT molecular complexity index is 1970. The Morgan fingerprint density at radius 3 is 0.826 bits per heavy atom. The lowest BCUT2D eigenvalue weighted by Crippen LogP contribution is -2.02. The molecule has 3 nitrogen and oxygen atoms in total. The number of ketones is 1. The highest BCUT2D eigenvalue weighted by Gasteiger charge is 2.35. The summed E-state index contributed by atoms with van der Waals surface area (Å²) < 4.78 is 28.3. The van der Waals surface area contributed by atoms with Gasteiger partial charge in [0, 0.05) is 33.7 Å². The number of allylic oxidation sites excluding steroid dienone is 4. The minimum atomic E-state index is -0.381. The van der Waals surface area contributed by atoms with Gasteiger partial charge in [-0.15, -0.1) is 0 Å². The number of Topliss-reactive ketones (excluding diaryl/α,β-unsaturated/α-hetero) is 1. The fourth-order valence-electron chi connectivity index (χ4n) is 5.97. The van der Waals surface area contributed by atoms with Crippen molar-refractivity contribution < 1.29 is 13.6 Å². The number of benzene rings is 6. The molecule has 222 valence electrons. The quantitative estimate of drug-likeness (QED) is 0.187. The van der Waals surface area contributed by atoms with E-state index < -0.39 is 0 Å². The number of nitrogens with two attached hydrogens (primary N) is 2. The fourth-order valence-corrected chi connectivity index (χ4v) is 5.97. The Morgan fingerprint density at radius 1 is 0.304 bits per heavy atom. The summed E-state index contributed by atoms with van der Waals surface area (Å²) in [6.07, 6.45) is 0. The molecule has 5 heteroatoms. The molecule has 0 bridgehead atoms. The van der Waals surface area contributed by atoms with E-state index in [1.54, 1.807) is 24.3 Å². The van der Waals surface area contributed by atoms with E-state index in [1.165, 1.54) is 24.3 Å². The molecule has 0 radical (unpaired) electrons. The first-order valence-electron chi connectivity index (χ1n) is 14.8. The average molecular weight is 603 g/mol. The monoisotopic (exact) mass is 602 g/mol. The van der Waals surface area contributed by atoms with Crippen molar-refractivity contribution >= 4 is 39.5 Å². The summed E-state index contributed by atoms with van der Waals surface area (Å²) in [5.74, 6) is -0.929. The Kier molecular flexibility index (Phi) is 7.35. The van der Waals surface area contributed by atoms with Crippen LogP contribution in [-0.4, -0.2) is 5.78 Å². The number of rotatable bonds is 6. The molecule has 0 aromatic heterocycles. The third-order valence-corrected chi connectivity index (χ3v) is 8.31. The van der Waals surface area contributed by atoms with Gasteiger partial charge in [-0.25, -0.2) is 8.78 Å². The second kappa shape index (κ2) is 11.8. The number of hydrogen-bond donors (Lipinski definition) is 2. The highest BCUT2D eigenvalue weighted by molar-refractivity contribution is 6.59. The molecule has 0 aliphatic heterocycles. The number of hydrogen-bond acceptors (Lipinski definition) is 3. The van der Waals surface area contributed by atoms with E-state index in [-0.39, 0.29) is 17.4 Å². The topological polar surface area (TPSA) is 69.1 Å². The lowest BCUT2D eigenvalue weighted by atomic mass is 9.89. The van der Waals surface area contributed by atoms with Crippen LogP contribution in [0.2, 0.25) is 0 Å². The van der Waals surface area contributed by atoms with Crippen LogP contribution in [0.4, 0.5) is 20.2 Å². The zero-order chi connectivity index (χ0) is 31.8. The number of halogens is 2. The first-order chi connectivity index (χ1) is 22.4. The van der Waals surface area contributed by atoms with Crippen LogP contribution in [0, 0.1) is 11.6 Å². The summed E-state index contributed by atoms with van der Waals surface area (Å²) in [7, 11) is 0. The predicted molar refractivity (Wildman–Crippen MR) is 184 cm³/mol. The molecule has 6 aromatic carbocycles. The maximum atomic E-state index is 14.7. The molecule has 1 aliphatic carbocycles. The van der Waals surface area contributed by atoms with Crippen LogP contribution in [-0.2, 0) is 4.79 Å². The number of anilines is 2. The molecule has 1 aliphatic rings. The normalized spacial score (nSPS) is 13.0. The standard InChI is InChI=1S/C41H28F2N2O/c42-33-17-9-29(10-18-33)37-38(30-11-19-34(43)20-12-30)40(32-7-3-26(4-8-32)28-15-23-36(45)24-16-28)41(46)39(37)31-5-1-25(2-6-31)27-13-21-35(44)22-14-27/h1-24H,44-45H2. The molecule has 0 spiro atoms. The molecule has 6 aromatic rings. The molecule has 0 fully saturated rings. The third kappa shape index (κ3) is 5.39. The van der Waals surface area contributed by atoms with Crippen molar-refractivity contribution in [3.05, 3.63) is 179 Å². The minimum Gasteiger partial charge on any atom is -0.399 e. The van der Waals surface area contributed by atoms with Crippen LogP contribution >= 0.6 is 0 Å². The van der Waals surface area contributed by atoms with Crippen molar-refractivity contribution in [2.45, 2.75) is 0 Å². The van der Waals surface area contributed by atoms with Gasteiger partial charge in [0.1, 0.15) is 11.6 Å². The lowest BCUT2D eigenvalue weighted by molar-refractivity contribution is -0.108. The van der Waals surface area contributed by atoms with E-state index >= 15 is 0 Å². The van der Waals surface area contributed by atoms with Gasteiger partial charge in [0.15, 0.2) is 5.78 Å². The van der Waals surface area contributed by atoms with E-state index in [0.717, 1.165) is 33.4 Å². The summed E-state index contributed by atoms with van der Waals surface area (Å²) >= 11 is 0. The Hall–Kier alpha value is -6.07. The molecule has 0 amide bonds. The summed E-state index contributed by atoms with van der Waals surface area (Å²) in [6.45, 7) is 0. The maximum Gasteiger partial charge on any atom is 0.195 e. The van der Waals surface area contributed by atoms with Crippen molar-refractivity contribution in [2.75, 3.05) is 11.5 Å². The van der Waals surface area contributed by atoms with E-state index in [0.29, 0.717) is 44.8 Å². The van der Waals surface area contributed by atoms with Crippen molar-refractivity contribution in [3.63, 3.8) is 0 Å². The minimum absolute atomic E-state index is 0.167. The summed E-state index contributed by atoms with van der Waals surface area (Å²) in [6, 6.07) is 43.1. The average Bonchev–Trinajstić information content (AvgIpc) is 3.39. The van der Waals surface area contributed by atoms with Crippen molar-refractivity contribution in [1.29, 1.82) is 0 Å². The van der Waals surface area contributed by atoms with Gasteiger partial charge in [-0.05, 0) is 93.0 Å². The number of nitrogen functional groups attached to an aromatic ring is 2. The van der Waals surface area contributed by atoms with Gasteiger partial charge in [-0.3, -0.25) is 4.79 Å². The van der Waals surface area contributed by atoms with Gasteiger partial charge < -0.3 is 11.5 Å². The number of carbonyl (C=O) groups is 1. The van der Waals surface area contributed by atoms with Crippen LogP contribution in [0.1, 0.15) is 22.3 Å². The second-order valence-corrected chi connectivity index (χ2v) is 11.2. The summed E-state index contributed by atoms with van der Waals surface area (Å²) in [4.78, 5) is 14.7. The van der Waals surface area contributed by atoms with E-state index in [1.807, 2.05) is 97.1 Å². The van der Waals surface area contributed by atoms with E-state index in [4.69, 9.17) is 11.5 Å². The van der Waals surface area contributed by atoms with Crippen LogP contribution < -0.4 is 11.5 Å². The largest absolute Gasteiger partial charge is 0.399 e. The van der Waals surface area contributed by atoms with Crippen molar-refractivity contribution in [3.8, 4) is 22.3 Å². The van der Waals surface area contributed by atoms with Crippen molar-refractivity contribution in [2.24, 2.45) is 0 Å². The van der Waals surface area contributed by atoms with Gasteiger partial charge in [-0.2, -0.15) is 0 Å². The van der Waals surface area contributed by atoms with E-state index in [2.05, 4.69) is 0 Å². The summed E-state index contributed by atoms with van der Waals surface area (Å²) in [5, 5.41) is 0. The molecular formula is C41H28F2N2O. The van der Waals surface area contributed by atoms with Crippen LogP contribution in [0.25, 0.3) is 44.5 Å². The van der Waals surface area contributed by atoms with Gasteiger partial charge in [0.05, 0.1) is 0 Å². The third-order valence-electron chi connectivity index (χ3n) is 8.31. The fraction of sp³-hybridized carbons (Fsp3) is 0. The molecule has 46 heavy (non-hydrogen) atoms. The van der Waals surface area contributed by atoms with Crippen molar-refractivity contribution in [1.82, 2.24) is 0 Å². The van der Waals surface area contributed by atoms with Crippen LogP contribution in [0.3, 0.4) is 0 Å². The van der Waals surface area contributed by atoms with Gasteiger partial charge in [-0.1, -0.05) is 97.1 Å². The maximum absolute atomic E-state index is 14.7. The molecule has 0 saturated carbocycles. The Morgan fingerprint density at radius 2 is 0.522 bits per heavy atom. The number of carbonyl (C=O) groups excluding carboxylic acids is 1.